The van der Waals surface area contributed by atoms with Gasteiger partial charge in [0, 0.05) is 16.3 Å². The molecule has 1 aliphatic heterocycles. The summed E-state index contributed by atoms with van der Waals surface area (Å²) in [6.07, 6.45) is 0. The Kier molecular flexibility index (Phi) is 2.55. The van der Waals surface area contributed by atoms with Crippen LogP contribution in [-0.4, -0.2) is 6.79 Å². The Morgan fingerprint density at radius 2 is 1.67 bits per heavy atom. The van der Waals surface area contributed by atoms with Crippen LogP contribution in [-0.2, 0) is 0 Å². The van der Waals surface area contributed by atoms with E-state index in [0.717, 1.165) is 33.4 Å². The lowest BCUT2D eigenvalue weighted by Crippen LogP contribution is -1.93. The van der Waals surface area contributed by atoms with Gasteiger partial charge in [0.1, 0.15) is 6.07 Å². The Hall–Kier alpha value is -2.99. The third kappa shape index (κ3) is 1.73. The molecule has 3 heteroatoms. The summed E-state index contributed by atoms with van der Waals surface area (Å²) in [5.41, 5.74) is 2.63. The minimum Gasteiger partial charge on any atom is -0.454 e. The number of hydrogen-bond donors (Lipinski definition) is 0. The fourth-order valence-corrected chi connectivity index (χ4v) is 2.75. The van der Waals surface area contributed by atoms with Crippen molar-refractivity contribution in [1.82, 2.24) is 0 Å². The summed E-state index contributed by atoms with van der Waals surface area (Å²) < 4.78 is 10.9. The number of hydrogen-bond acceptors (Lipinski definition) is 3. The fourth-order valence-electron chi connectivity index (χ4n) is 2.75. The average molecular weight is 273 g/mol. The van der Waals surface area contributed by atoms with E-state index in [1.165, 1.54) is 0 Å². The molecule has 0 unspecified atom stereocenters. The molecule has 0 aliphatic carbocycles. The number of benzene rings is 3. The molecule has 3 aromatic rings. The first-order chi connectivity index (χ1) is 10.4. The van der Waals surface area contributed by atoms with E-state index in [-0.39, 0.29) is 6.79 Å². The zero-order valence-corrected chi connectivity index (χ0v) is 11.2. The zero-order chi connectivity index (χ0) is 14.2. The fraction of sp³-hybridized carbons (Fsp3) is 0.0556. The van der Waals surface area contributed by atoms with Crippen molar-refractivity contribution in [2.45, 2.75) is 0 Å². The quantitative estimate of drug-likeness (QED) is 0.670. The van der Waals surface area contributed by atoms with Gasteiger partial charge in [0.05, 0.1) is 5.56 Å². The molecule has 21 heavy (non-hydrogen) atoms. The highest BCUT2D eigenvalue weighted by molar-refractivity contribution is 5.99. The second-order valence-electron chi connectivity index (χ2n) is 4.86. The Morgan fingerprint density at radius 3 is 2.48 bits per heavy atom. The summed E-state index contributed by atoms with van der Waals surface area (Å²) >= 11 is 0. The van der Waals surface area contributed by atoms with Crippen LogP contribution >= 0.6 is 0 Å². The molecule has 0 saturated carbocycles. The third-order valence-electron chi connectivity index (χ3n) is 3.73. The smallest absolute Gasteiger partial charge is 0.231 e. The maximum atomic E-state index is 9.60. The van der Waals surface area contributed by atoms with Gasteiger partial charge in [-0.1, -0.05) is 36.4 Å². The van der Waals surface area contributed by atoms with Gasteiger partial charge in [-0.25, -0.2) is 0 Å². The first kappa shape index (κ1) is 11.8. The van der Waals surface area contributed by atoms with E-state index in [4.69, 9.17) is 9.47 Å². The van der Waals surface area contributed by atoms with E-state index in [0.29, 0.717) is 5.56 Å². The molecule has 3 nitrogen and oxygen atoms in total. The van der Waals surface area contributed by atoms with Gasteiger partial charge in [-0.2, -0.15) is 5.26 Å². The molecule has 1 heterocycles. The van der Waals surface area contributed by atoms with Crippen molar-refractivity contribution < 1.29 is 9.47 Å². The second kappa shape index (κ2) is 4.53. The molecule has 0 atom stereocenters. The molecule has 3 aromatic carbocycles. The molecular formula is C18H11NO2. The number of nitrogens with zero attached hydrogens (tertiary/aromatic N) is 1. The summed E-state index contributed by atoms with van der Waals surface area (Å²) in [6, 6.07) is 20.0. The molecule has 0 bridgehead atoms. The molecule has 100 valence electrons. The van der Waals surface area contributed by atoms with Crippen LogP contribution in [0.25, 0.3) is 21.9 Å². The minimum atomic E-state index is 0.233. The summed E-state index contributed by atoms with van der Waals surface area (Å²) in [4.78, 5) is 0. The predicted octanol–water partition coefficient (Wildman–Crippen LogP) is 4.11. The van der Waals surface area contributed by atoms with Gasteiger partial charge >= 0.3 is 0 Å². The molecule has 0 aromatic heterocycles. The van der Waals surface area contributed by atoms with Crippen LogP contribution in [0.5, 0.6) is 11.5 Å². The highest BCUT2D eigenvalue weighted by Crippen LogP contribution is 2.41. The number of ether oxygens (including phenoxy) is 2. The minimum absolute atomic E-state index is 0.233. The lowest BCUT2D eigenvalue weighted by molar-refractivity contribution is 0.175. The first-order valence-electron chi connectivity index (χ1n) is 6.69. The van der Waals surface area contributed by atoms with Crippen LogP contribution in [0.15, 0.2) is 54.6 Å². The van der Waals surface area contributed by atoms with Crippen LogP contribution in [0.2, 0.25) is 0 Å². The van der Waals surface area contributed by atoms with E-state index in [1.54, 1.807) is 0 Å². The van der Waals surface area contributed by atoms with Gasteiger partial charge in [0.25, 0.3) is 0 Å². The lowest BCUT2D eigenvalue weighted by atomic mass is 9.94. The monoisotopic (exact) mass is 273 g/mol. The van der Waals surface area contributed by atoms with Gasteiger partial charge in [-0.15, -0.1) is 0 Å². The zero-order valence-electron chi connectivity index (χ0n) is 11.2. The van der Waals surface area contributed by atoms with Gasteiger partial charge in [-0.3, -0.25) is 0 Å². The highest BCUT2D eigenvalue weighted by Gasteiger charge is 2.19. The van der Waals surface area contributed by atoms with Crippen LogP contribution in [0.3, 0.4) is 0 Å². The van der Waals surface area contributed by atoms with Crippen molar-refractivity contribution in [3.63, 3.8) is 0 Å². The molecule has 0 N–H and O–H groups in total. The SMILES string of the molecule is N#Cc1c(-c2ccccc2)ccc2c3c(ccc12)OCO3. The average Bonchev–Trinajstić information content (AvgIpc) is 3.03. The number of nitriles is 1. The molecular weight excluding hydrogens is 262 g/mol. The van der Waals surface area contributed by atoms with Crippen LogP contribution < -0.4 is 9.47 Å². The van der Waals surface area contributed by atoms with Crippen molar-refractivity contribution in [2.24, 2.45) is 0 Å². The molecule has 1 aliphatic rings. The Morgan fingerprint density at radius 1 is 0.857 bits per heavy atom. The Bertz CT molecular complexity index is 879. The molecule has 0 radical (unpaired) electrons. The third-order valence-corrected chi connectivity index (χ3v) is 3.73. The predicted molar refractivity (Wildman–Crippen MR) is 80.2 cm³/mol. The largest absolute Gasteiger partial charge is 0.454 e. The van der Waals surface area contributed by atoms with Crippen LogP contribution in [0, 0.1) is 11.3 Å². The van der Waals surface area contributed by atoms with Gasteiger partial charge in [0.15, 0.2) is 11.5 Å². The maximum absolute atomic E-state index is 9.60. The van der Waals surface area contributed by atoms with Crippen molar-refractivity contribution in [1.29, 1.82) is 5.26 Å². The van der Waals surface area contributed by atoms with Crippen molar-refractivity contribution in [2.75, 3.05) is 6.79 Å². The maximum Gasteiger partial charge on any atom is 0.231 e. The highest BCUT2D eigenvalue weighted by atomic mass is 16.7. The Balaban J connectivity index is 2.04. The van der Waals surface area contributed by atoms with Gasteiger partial charge < -0.3 is 9.47 Å². The standard InChI is InChI=1S/C18H11NO2/c19-10-16-13(12-4-2-1-3-5-12)6-7-15-14(16)8-9-17-18(15)21-11-20-17/h1-9H,11H2. The van der Waals surface area contributed by atoms with Gasteiger partial charge in [0.2, 0.25) is 6.79 Å². The van der Waals surface area contributed by atoms with Crippen molar-refractivity contribution in [3.8, 4) is 28.7 Å². The van der Waals surface area contributed by atoms with E-state index in [1.807, 2.05) is 54.6 Å². The first-order valence-corrected chi connectivity index (χ1v) is 6.69. The van der Waals surface area contributed by atoms with Crippen molar-refractivity contribution in [3.05, 3.63) is 60.2 Å². The lowest BCUT2D eigenvalue weighted by Gasteiger charge is -2.09. The topological polar surface area (TPSA) is 42.2 Å². The Labute approximate surface area is 122 Å². The summed E-state index contributed by atoms with van der Waals surface area (Å²) in [5.74, 6) is 1.46. The molecule has 0 spiro atoms. The molecule has 0 fully saturated rings. The molecule has 0 saturated heterocycles. The van der Waals surface area contributed by atoms with E-state index >= 15 is 0 Å². The summed E-state index contributed by atoms with van der Waals surface area (Å²) in [7, 11) is 0. The second-order valence-corrected chi connectivity index (χ2v) is 4.86. The van der Waals surface area contributed by atoms with Crippen LogP contribution in [0.4, 0.5) is 0 Å². The summed E-state index contributed by atoms with van der Waals surface area (Å²) in [5, 5.41) is 11.4. The normalized spacial score (nSPS) is 12.3. The van der Waals surface area contributed by atoms with Gasteiger partial charge in [-0.05, 0) is 23.8 Å². The van der Waals surface area contributed by atoms with E-state index in [2.05, 4.69) is 6.07 Å². The summed E-state index contributed by atoms with van der Waals surface area (Å²) in [6.45, 7) is 0.233. The van der Waals surface area contributed by atoms with Crippen molar-refractivity contribution >= 4 is 10.8 Å². The number of rotatable bonds is 1. The number of fused-ring (bicyclic) bond motifs is 3. The molecule has 4 rings (SSSR count). The molecule has 0 amide bonds. The van der Waals surface area contributed by atoms with E-state index < -0.39 is 0 Å². The van der Waals surface area contributed by atoms with E-state index in [9.17, 15) is 5.26 Å². The van der Waals surface area contributed by atoms with Crippen LogP contribution in [0.1, 0.15) is 5.56 Å².